The zero-order valence-electron chi connectivity index (χ0n) is 30.9. The van der Waals surface area contributed by atoms with E-state index in [-0.39, 0.29) is 0 Å². The summed E-state index contributed by atoms with van der Waals surface area (Å²) < 4.78 is 4.48. The molecule has 0 spiro atoms. The molecule has 6 heterocycles. The van der Waals surface area contributed by atoms with Crippen LogP contribution in [-0.2, 0) is 0 Å². The smallest absolute Gasteiger partial charge is 0.238 e. The number of imidazole rings is 1. The SMILES string of the molecule is c1ccc(-c2cccc(-c3nc(-c4cccc(-c5ccccn5)c4)nc(-n4c5ccccc5c5cc6c(cc54)c4ccccc4n4c5ccccc5nc64)n3)c2)nc1. The summed E-state index contributed by atoms with van der Waals surface area (Å²) in [6, 6.07) is 58.3. The molecule has 12 aromatic rings. The van der Waals surface area contributed by atoms with Crippen LogP contribution in [0.5, 0.6) is 0 Å². The van der Waals surface area contributed by atoms with E-state index >= 15 is 0 Å². The summed E-state index contributed by atoms with van der Waals surface area (Å²) in [5, 5.41) is 5.52. The van der Waals surface area contributed by atoms with Gasteiger partial charge in [-0.2, -0.15) is 9.97 Å². The summed E-state index contributed by atoms with van der Waals surface area (Å²) in [4.78, 5) is 30.2. The summed E-state index contributed by atoms with van der Waals surface area (Å²) in [5.74, 6) is 1.64. The molecule has 0 amide bonds. The zero-order chi connectivity index (χ0) is 38.2. The van der Waals surface area contributed by atoms with E-state index < -0.39 is 0 Å². The van der Waals surface area contributed by atoms with Crippen molar-refractivity contribution in [1.29, 1.82) is 0 Å². The van der Waals surface area contributed by atoms with Crippen LogP contribution >= 0.6 is 0 Å². The van der Waals surface area contributed by atoms with Crippen LogP contribution in [-0.4, -0.2) is 38.9 Å². The second kappa shape index (κ2) is 12.7. The van der Waals surface area contributed by atoms with Gasteiger partial charge in [0, 0.05) is 56.2 Å². The number of pyridine rings is 3. The van der Waals surface area contributed by atoms with E-state index in [2.05, 4.69) is 122 Å². The van der Waals surface area contributed by atoms with Crippen molar-refractivity contribution in [1.82, 2.24) is 38.9 Å². The fourth-order valence-electron chi connectivity index (χ4n) is 8.41. The Morgan fingerprint density at radius 1 is 0.345 bits per heavy atom. The van der Waals surface area contributed by atoms with Gasteiger partial charge in [-0.05, 0) is 78.2 Å². The molecule has 6 aromatic heterocycles. The molecule has 0 atom stereocenters. The number of hydrogen-bond donors (Lipinski definition) is 0. The fraction of sp³-hybridized carbons (Fsp3) is 0. The van der Waals surface area contributed by atoms with E-state index in [9.17, 15) is 0 Å². The molecule has 0 saturated heterocycles. The van der Waals surface area contributed by atoms with Crippen molar-refractivity contribution < 1.29 is 0 Å². The number of hydrogen-bond acceptors (Lipinski definition) is 6. The highest BCUT2D eigenvalue weighted by Crippen LogP contribution is 2.39. The van der Waals surface area contributed by atoms with E-state index in [1.807, 2.05) is 79.1 Å². The van der Waals surface area contributed by atoms with Gasteiger partial charge < -0.3 is 0 Å². The van der Waals surface area contributed by atoms with Crippen LogP contribution in [0.3, 0.4) is 0 Å². The number of para-hydroxylation sites is 4. The van der Waals surface area contributed by atoms with Crippen molar-refractivity contribution in [3.05, 3.63) is 182 Å². The van der Waals surface area contributed by atoms with Crippen molar-refractivity contribution in [2.24, 2.45) is 0 Å². The number of aromatic nitrogens is 8. The maximum absolute atomic E-state index is 5.30. The number of benzene rings is 6. The Morgan fingerprint density at radius 2 is 0.914 bits per heavy atom. The Bertz CT molecular complexity index is 3470. The van der Waals surface area contributed by atoms with Gasteiger partial charge in [0.2, 0.25) is 5.95 Å². The lowest BCUT2D eigenvalue weighted by Gasteiger charge is -2.13. The summed E-state index contributed by atoms with van der Waals surface area (Å²) in [6.45, 7) is 0. The Labute approximate surface area is 331 Å². The number of fused-ring (bicyclic) bond motifs is 11. The molecule has 8 heteroatoms. The van der Waals surface area contributed by atoms with E-state index in [1.54, 1.807) is 0 Å². The minimum Gasteiger partial charge on any atom is -0.292 e. The molecule has 0 saturated carbocycles. The summed E-state index contributed by atoms with van der Waals surface area (Å²) in [5.41, 5.74) is 11.5. The van der Waals surface area contributed by atoms with E-state index in [0.29, 0.717) is 17.6 Å². The third-order valence-electron chi connectivity index (χ3n) is 11.0. The molecule has 8 nitrogen and oxygen atoms in total. The molecule has 58 heavy (non-hydrogen) atoms. The highest BCUT2D eigenvalue weighted by molar-refractivity contribution is 6.21. The Hall–Kier alpha value is -8.10. The average molecular weight is 743 g/mol. The standard InChI is InChI=1S/C50H30N8/c1-4-22-43-35(17-1)37-30-46-38(29-39(37)49-53-42-21-3-6-24-45(42)57(43)49)36-18-2-5-23-44(36)58(46)50-55-47(33-15-11-13-31(27-33)40-19-7-9-25-51-40)54-48(56-50)34-16-12-14-32(28-34)41-20-8-10-26-52-41/h1-30H. The minimum atomic E-state index is 0.522. The lowest BCUT2D eigenvalue weighted by Crippen LogP contribution is -2.06. The maximum Gasteiger partial charge on any atom is 0.238 e. The molecule has 0 aliphatic carbocycles. The minimum absolute atomic E-state index is 0.522. The third-order valence-corrected chi connectivity index (χ3v) is 11.0. The van der Waals surface area contributed by atoms with Gasteiger partial charge in [-0.25, -0.2) is 9.97 Å². The maximum atomic E-state index is 5.30. The van der Waals surface area contributed by atoms with Crippen LogP contribution in [0.4, 0.5) is 0 Å². The molecule has 0 radical (unpaired) electrons. The Balaban J connectivity index is 1.16. The second-order valence-electron chi connectivity index (χ2n) is 14.4. The quantitative estimate of drug-likeness (QED) is 0.163. The van der Waals surface area contributed by atoms with E-state index in [4.69, 9.17) is 19.9 Å². The first-order valence-corrected chi connectivity index (χ1v) is 19.2. The first-order valence-electron chi connectivity index (χ1n) is 19.2. The first-order chi connectivity index (χ1) is 28.7. The van der Waals surface area contributed by atoms with Crippen LogP contribution in [0.2, 0.25) is 0 Å². The van der Waals surface area contributed by atoms with Gasteiger partial charge in [0.15, 0.2) is 11.6 Å². The van der Waals surface area contributed by atoms with E-state index in [0.717, 1.165) is 93.8 Å². The van der Waals surface area contributed by atoms with Crippen molar-refractivity contribution in [2.75, 3.05) is 0 Å². The summed E-state index contributed by atoms with van der Waals surface area (Å²) >= 11 is 0. The molecule has 270 valence electrons. The Morgan fingerprint density at radius 3 is 1.57 bits per heavy atom. The van der Waals surface area contributed by atoms with Gasteiger partial charge in [0.1, 0.15) is 5.65 Å². The lowest BCUT2D eigenvalue weighted by molar-refractivity contribution is 0.954. The summed E-state index contributed by atoms with van der Waals surface area (Å²) in [6.07, 6.45) is 3.62. The predicted molar refractivity (Wildman–Crippen MR) is 233 cm³/mol. The normalized spacial score (nSPS) is 11.8. The average Bonchev–Trinajstić information content (AvgIpc) is 3.85. The molecule has 6 aromatic carbocycles. The van der Waals surface area contributed by atoms with Crippen LogP contribution in [0.15, 0.2) is 182 Å². The van der Waals surface area contributed by atoms with Crippen molar-refractivity contribution in [3.8, 4) is 51.2 Å². The molecule has 0 fully saturated rings. The number of rotatable bonds is 5. The Kier molecular flexibility index (Phi) is 7.06. The van der Waals surface area contributed by atoms with Gasteiger partial charge >= 0.3 is 0 Å². The van der Waals surface area contributed by atoms with Crippen LogP contribution in [0, 0.1) is 0 Å². The summed E-state index contributed by atoms with van der Waals surface area (Å²) in [7, 11) is 0. The molecular formula is C50H30N8. The highest BCUT2D eigenvalue weighted by atomic mass is 15.2. The van der Waals surface area contributed by atoms with Gasteiger partial charge in [0.05, 0.1) is 39.0 Å². The predicted octanol–water partition coefficient (Wildman–Crippen LogP) is 11.5. The van der Waals surface area contributed by atoms with Crippen molar-refractivity contribution in [2.45, 2.75) is 0 Å². The van der Waals surface area contributed by atoms with Gasteiger partial charge in [-0.1, -0.05) is 97.1 Å². The van der Waals surface area contributed by atoms with Crippen LogP contribution < -0.4 is 0 Å². The van der Waals surface area contributed by atoms with Crippen LogP contribution in [0.1, 0.15) is 0 Å². The monoisotopic (exact) mass is 742 g/mol. The molecule has 12 rings (SSSR count). The zero-order valence-corrected chi connectivity index (χ0v) is 30.9. The first kappa shape index (κ1) is 32.2. The molecule has 0 unspecified atom stereocenters. The van der Waals surface area contributed by atoms with E-state index in [1.165, 1.54) is 0 Å². The molecular weight excluding hydrogens is 713 g/mol. The van der Waals surface area contributed by atoms with Gasteiger partial charge in [-0.3, -0.25) is 18.9 Å². The third kappa shape index (κ3) is 5.02. The topological polar surface area (TPSA) is 86.7 Å². The number of nitrogens with zero attached hydrogens (tertiary/aromatic N) is 8. The van der Waals surface area contributed by atoms with Crippen molar-refractivity contribution in [3.63, 3.8) is 0 Å². The van der Waals surface area contributed by atoms with Crippen molar-refractivity contribution >= 4 is 60.2 Å². The molecule has 0 aliphatic heterocycles. The highest BCUT2D eigenvalue weighted by Gasteiger charge is 2.21. The fourth-order valence-corrected chi connectivity index (χ4v) is 8.41. The lowest BCUT2D eigenvalue weighted by atomic mass is 10.0. The van der Waals surface area contributed by atoms with Gasteiger partial charge in [0.25, 0.3) is 0 Å². The largest absolute Gasteiger partial charge is 0.292 e. The van der Waals surface area contributed by atoms with Crippen LogP contribution in [0.25, 0.3) is 111 Å². The molecule has 0 aliphatic rings. The molecule has 0 bridgehead atoms. The van der Waals surface area contributed by atoms with Gasteiger partial charge in [-0.15, -0.1) is 0 Å². The second-order valence-corrected chi connectivity index (χ2v) is 14.4. The molecule has 0 N–H and O–H groups in total.